The molecule has 2 rings (SSSR count). The predicted octanol–water partition coefficient (Wildman–Crippen LogP) is 1.85. The van der Waals surface area contributed by atoms with Crippen molar-refractivity contribution in [2.45, 2.75) is 6.54 Å². The van der Waals surface area contributed by atoms with Crippen molar-refractivity contribution in [3.8, 4) is 11.4 Å². The molecule has 1 heterocycles. The molecule has 6 heteroatoms. The number of hydrogen-bond donors (Lipinski definition) is 0. The van der Waals surface area contributed by atoms with Crippen LogP contribution in [0.15, 0.2) is 45.8 Å². The molecule has 2 aromatic rings. The largest absolute Gasteiger partial charge is 0.468 e. The highest BCUT2D eigenvalue weighted by molar-refractivity contribution is 9.10. The van der Waals surface area contributed by atoms with E-state index in [1.54, 1.807) is 0 Å². The van der Waals surface area contributed by atoms with Crippen molar-refractivity contribution >= 4 is 21.9 Å². The lowest BCUT2D eigenvalue weighted by atomic mass is 10.2. The first-order chi connectivity index (χ1) is 9.13. The molecule has 0 unspecified atom stereocenters. The van der Waals surface area contributed by atoms with Crippen molar-refractivity contribution < 1.29 is 9.53 Å². The van der Waals surface area contributed by atoms with Gasteiger partial charge in [0.15, 0.2) is 0 Å². The Labute approximate surface area is 118 Å². The number of rotatable bonds is 3. The molecule has 0 amide bonds. The van der Waals surface area contributed by atoms with Crippen LogP contribution < -0.4 is 5.56 Å². The van der Waals surface area contributed by atoms with Gasteiger partial charge in [-0.15, -0.1) is 0 Å². The second-order valence-electron chi connectivity index (χ2n) is 3.76. The summed E-state index contributed by atoms with van der Waals surface area (Å²) in [4.78, 5) is 27.7. The Kier molecular flexibility index (Phi) is 4.11. The zero-order chi connectivity index (χ0) is 13.8. The lowest BCUT2D eigenvalue weighted by molar-refractivity contribution is -0.141. The van der Waals surface area contributed by atoms with Crippen LogP contribution in [0.2, 0.25) is 0 Å². The van der Waals surface area contributed by atoms with Gasteiger partial charge < -0.3 is 4.74 Å². The molecule has 19 heavy (non-hydrogen) atoms. The van der Waals surface area contributed by atoms with Gasteiger partial charge in [0.2, 0.25) is 0 Å². The molecule has 98 valence electrons. The van der Waals surface area contributed by atoms with Crippen LogP contribution in [0.1, 0.15) is 0 Å². The number of benzene rings is 1. The summed E-state index contributed by atoms with van der Waals surface area (Å²) in [7, 11) is 1.28. The third kappa shape index (κ3) is 2.90. The maximum Gasteiger partial charge on any atom is 0.325 e. The molecule has 0 atom stereocenters. The van der Waals surface area contributed by atoms with Crippen molar-refractivity contribution in [2.75, 3.05) is 7.11 Å². The molecule has 0 aliphatic heterocycles. The molecule has 0 saturated carbocycles. The van der Waals surface area contributed by atoms with Gasteiger partial charge in [-0.05, 0) is 15.9 Å². The topological polar surface area (TPSA) is 61.2 Å². The highest BCUT2D eigenvalue weighted by Gasteiger charge is 2.13. The normalized spacial score (nSPS) is 10.2. The molecule has 0 N–H and O–H groups in total. The average molecular weight is 323 g/mol. The Morgan fingerprint density at radius 3 is 2.68 bits per heavy atom. The van der Waals surface area contributed by atoms with E-state index in [1.165, 1.54) is 17.9 Å². The van der Waals surface area contributed by atoms with E-state index in [1.807, 2.05) is 30.3 Å². The van der Waals surface area contributed by atoms with Crippen LogP contribution in [0.25, 0.3) is 11.4 Å². The first-order valence-electron chi connectivity index (χ1n) is 5.51. The van der Waals surface area contributed by atoms with Crippen molar-refractivity contribution in [2.24, 2.45) is 0 Å². The number of esters is 1. The molecule has 0 spiro atoms. The number of halogens is 1. The van der Waals surface area contributed by atoms with E-state index in [-0.39, 0.29) is 12.1 Å². The molecule has 0 saturated heterocycles. The van der Waals surface area contributed by atoms with Crippen LogP contribution in [-0.4, -0.2) is 22.6 Å². The van der Waals surface area contributed by atoms with E-state index in [2.05, 4.69) is 25.7 Å². The predicted molar refractivity (Wildman–Crippen MR) is 73.6 cm³/mol. The van der Waals surface area contributed by atoms with Crippen molar-refractivity contribution in [3.63, 3.8) is 0 Å². The summed E-state index contributed by atoms with van der Waals surface area (Å²) in [6.45, 7) is -0.175. The maximum absolute atomic E-state index is 12.1. The van der Waals surface area contributed by atoms with E-state index < -0.39 is 5.97 Å². The van der Waals surface area contributed by atoms with Gasteiger partial charge in [0.05, 0.1) is 7.11 Å². The molecular weight excluding hydrogens is 312 g/mol. The molecule has 0 aliphatic carbocycles. The number of nitrogens with zero attached hydrogens (tertiary/aromatic N) is 2. The smallest absolute Gasteiger partial charge is 0.325 e. The number of methoxy groups -OCH3 is 1. The first-order valence-corrected chi connectivity index (χ1v) is 6.30. The lowest BCUT2D eigenvalue weighted by Crippen LogP contribution is -2.27. The second kappa shape index (κ2) is 5.79. The number of carbonyl (C=O) groups is 1. The van der Waals surface area contributed by atoms with E-state index in [0.29, 0.717) is 10.3 Å². The van der Waals surface area contributed by atoms with Gasteiger partial charge in [-0.2, -0.15) is 0 Å². The van der Waals surface area contributed by atoms with Crippen LogP contribution in [0.3, 0.4) is 0 Å². The lowest BCUT2D eigenvalue weighted by Gasteiger charge is -2.11. The monoisotopic (exact) mass is 322 g/mol. The first kappa shape index (κ1) is 13.5. The summed E-state index contributed by atoms with van der Waals surface area (Å²) in [5.74, 6) is -0.0709. The van der Waals surface area contributed by atoms with Crippen LogP contribution in [0.4, 0.5) is 0 Å². The number of ether oxygens (including phenoxy) is 1. The van der Waals surface area contributed by atoms with Crippen LogP contribution in [-0.2, 0) is 16.1 Å². The minimum atomic E-state index is -0.501. The molecule has 1 aromatic heterocycles. The fourth-order valence-corrected chi connectivity index (χ4v) is 1.94. The minimum Gasteiger partial charge on any atom is -0.468 e. The van der Waals surface area contributed by atoms with Gasteiger partial charge in [-0.3, -0.25) is 14.2 Å². The fourth-order valence-electron chi connectivity index (χ4n) is 1.63. The Balaban J connectivity index is 2.58. The van der Waals surface area contributed by atoms with Crippen LogP contribution >= 0.6 is 15.9 Å². The molecule has 0 aliphatic rings. The summed E-state index contributed by atoms with van der Waals surface area (Å²) in [6, 6.07) is 9.19. The third-order valence-electron chi connectivity index (χ3n) is 2.55. The summed E-state index contributed by atoms with van der Waals surface area (Å²) < 4.78 is 6.18. The standard InChI is InChI=1S/C13H11BrN2O3/c1-19-11(17)8-16-12(9-5-3-2-4-6-9)15-7-10(14)13(16)18/h2-7H,8H2,1H3. The molecule has 0 radical (unpaired) electrons. The Bertz CT molecular complexity index is 653. The van der Waals surface area contributed by atoms with E-state index in [9.17, 15) is 9.59 Å². The van der Waals surface area contributed by atoms with Crippen LogP contribution in [0.5, 0.6) is 0 Å². The fraction of sp³-hybridized carbons (Fsp3) is 0.154. The second-order valence-corrected chi connectivity index (χ2v) is 4.62. The highest BCUT2D eigenvalue weighted by atomic mass is 79.9. The Morgan fingerprint density at radius 2 is 2.05 bits per heavy atom. The average Bonchev–Trinajstić information content (AvgIpc) is 2.45. The van der Waals surface area contributed by atoms with Gasteiger partial charge in [-0.1, -0.05) is 30.3 Å². The molecule has 5 nitrogen and oxygen atoms in total. The van der Waals surface area contributed by atoms with Gasteiger partial charge >= 0.3 is 5.97 Å². The summed E-state index contributed by atoms with van der Waals surface area (Å²) in [5, 5.41) is 0. The molecule has 1 aromatic carbocycles. The minimum absolute atomic E-state index is 0.175. The van der Waals surface area contributed by atoms with E-state index in [4.69, 9.17) is 0 Å². The summed E-state index contributed by atoms with van der Waals surface area (Å²) in [5.41, 5.74) is 0.440. The quantitative estimate of drug-likeness (QED) is 0.809. The molecule has 0 fully saturated rings. The number of aromatic nitrogens is 2. The zero-order valence-electron chi connectivity index (χ0n) is 10.2. The van der Waals surface area contributed by atoms with Crippen molar-refractivity contribution in [1.29, 1.82) is 0 Å². The van der Waals surface area contributed by atoms with Gasteiger partial charge in [0, 0.05) is 11.8 Å². The van der Waals surface area contributed by atoms with E-state index >= 15 is 0 Å². The van der Waals surface area contributed by atoms with Crippen LogP contribution in [0, 0.1) is 0 Å². The van der Waals surface area contributed by atoms with Gasteiger partial charge in [0.25, 0.3) is 5.56 Å². The highest BCUT2D eigenvalue weighted by Crippen LogP contribution is 2.16. The maximum atomic E-state index is 12.1. The van der Waals surface area contributed by atoms with Crippen molar-refractivity contribution in [1.82, 2.24) is 9.55 Å². The number of carbonyl (C=O) groups excluding carboxylic acids is 1. The molecule has 0 bridgehead atoms. The van der Waals surface area contributed by atoms with Gasteiger partial charge in [-0.25, -0.2) is 4.98 Å². The molecular formula is C13H11BrN2O3. The Hall–Kier alpha value is -1.95. The summed E-state index contributed by atoms with van der Waals surface area (Å²) in [6.07, 6.45) is 1.43. The third-order valence-corrected chi connectivity index (χ3v) is 3.10. The van der Waals surface area contributed by atoms with Gasteiger partial charge in [0.1, 0.15) is 16.8 Å². The zero-order valence-corrected chi connectivity index (χ0v) is 11.8. The Morgan fingerprint density at radius 1 is 1.37 bits per heavy atom. The SMILES string of the molecule is COC(=O)Cn1c(-c2ccccc2)ncc(Br)c1=O. The van der Waals surface area contributed by atoms with E-state index in [0.717, 1.165) is 5.56 Å². The number of hydrogen-bond acceptors (Lipinski definition) is 4. The summed E-state index contributed by atoms with van der Waals surface area (Å²) >= 11 is 3.12. The van der Waals surface area contributed by atoms with Crippen molar-refractivity contribution in [3.05, 3.63) is 51.4 Å².